The molecule has 0 heterocycles. The summed E-state index contributed by atoms with van der Waals surface area (Å²) in [6, 6.07) is 19.8. The summed E-state index contributed by atoms with van der Waals surface area (Å²) in [4.78, 5) is 31.7. The van der Waals surface area contributed by atoms with Crippen LogP contribution in [-0.4, -0.2) is 51.3 Å². The van der Waals surface area contributed by atoms with Crippen molar-refractivity contribution in [3.8, 4) is 11.5 Å². The lowest BCUT2D eigenvalue weighted by atomic mass is 10.2. The molecule has 0 spiro atoms. The summed E-state index contributed by atoms with van der Waals surface area (Å²) in [5.41, 5.74) is 2.05. The molecule has 0 fully saturated rings. The first-order valence-corrected chi connectivity index (χ1v) is 17.6. The number of halogens is 5. The molecular formula is C34H43Br2Cl3O8. The summed E-state index contributed by atoms with van der Waals surface area (Å²) in [5, 5.41) is 18.3. The van der Waals surface area contributed by atoms with Crippen LogP contribution in [0.4, 0.5) is 0 Å². The number of alkyl halides is 2. The summed E-state index contributed by atoms with van der Waals surface area (Å²) < 4.78 is 15.7. The molecule has 8 nitrogen and oxygen atoms in total. The van der Waals surface area contributed by atoms with Crippen LogP contribution in [0.2, 0.25) is 10.0 Å². The van der Waals surface area contributed by atoms with E-state index in [4.69, 9.17) is 59.2 Å². The second kappa shape index (κ2) is 29.8. The van der Waals surface area contributed by atoms with E-state index in [2.05, 4.69) is 31.9 Å². The van der Waals surface area contributed by atoms with Crippen molar-refractivity contribution in [2.24, 2.45) is 0 Å². The predicted molar refractivity (Wildman–Crippen MR) is 198 cm³/mol. The summed E-state index contributed by atoms with van der Waals surface area (Å²) >= 11 is 22.9. The second-order valence-electron chi connectivity index (χ2n) is 8.82. The Bertz CT molecular complexity index is 1260. The molecule has 0 aromatic heterocycles. The quantitative estimate of drug-likeness (QED) is 0.0936. The average molecular weight is 846 g/mol. The number of esters is 1. The van der Waals surface area contributed by atoms with E-state index in [1.54, 1.807) is 18.2 Å². The molecule has 3 aromatic carbocycles. The van der Waals surface area contributed by atoms with Gasteiger partial charge in [-0.3, -0.25) is 14.4 Å². The van der Waals surface area contributed by atoms with Gasteiger partial charge in [0.1, 0.15) is 18.1 Å². The lowest BCUT2D eigenvalue weighted by molar-refractivity contribution is -0.145. The highest BCUT2D eigenvalue weighted by atomic mass is 79.9. The van der Waals surface area contributed by atoms with Crippen molar-refractivity contribution in [1.82, 2.24) is 0 Å². The van der Waals surface area contributed by atoms with Gasteiger partial charge in [0.15, 0.2) is 0 Å². The van der Waals surface area contributed by atoms with Crippen LogP contribution in [0.3, 0.4) is 0 Å². The first kappa shape index (κ1) is 46.8. The Morgan fingerprint density at radius 3 is 1.53 bits per heavy atom. The van der Waals surface area contributed by atoms with Crippen LogP contribution in [-0.2, 0) is 27.5 Å². The van der Waals surface area contributed by atoms with E-state index in [0.29, 0.717) is 26.2 Å². The van der Waals surface area contributed by atoms with E-state index in [0.717, 1.165) is 46.1 Å². The molecule has 0 aliphatic carbocycles. The van der Waals surface area contributed by atoms with Crippen LogP contribution in [0, 0.1) is 0 Å². The predicted octanol–water partition coefficient (Wildman–Crippen LogP) is 10.1. The van der Waals surface area contributed by atoms with Gasteiger partial charge in [-0.05, 0) is 85.8 Å². The van der Waals surface area contributed by atoms with Crippen molar-refractivity contribution >= 4 is 83.8 Å². The second-order valence-corrected chi connectivity index (χ2v) is 11.6. The molecule has 0 aliphatic rings. The van der Waals surface area contributed by atoms with Gasteiger partial charge < -0.3 is 24.4 Å². The lowest BCUT2D eigenvalue weighted by Crippen LogP contribution is -2.04. The Kier molecular flexibility index (Phi) is 29.6. The van der Waals surface area contributed by atoms with Gasteiger partial charge in [-0.25, -0.2) is 0 Å². The van der Waals surface area contributed by atoms with Gasteiger partial charge in [-0.2, -0.15) is 0 Å². The van der Waals surface area contributed by atoms with Crippen LogP contribution < -0.4 is 9.47 Å². The van der Waals surface area contributed by atoms with Gasteiger partial charge in [0.05, 0.1) is 35.4 Å². The maximum Gasteiger partial charge on any atom is 0.306 e. The molecular weight excluding hydrogens is 803 g/mol. The Labute approximate surface area is 309 Å². The van der Waals surface area contributed by atoms with Crippen molar-refractivity contribution in [3.05, 3.63) is 93.5 Å². The van der Waals surface area contributed by atoms with Crippen molar-refractivity contribution in [1.29, 1.82) is 0 Å². The third-order valence-corrected chi connectivity index (χ3v) is 7.19. The molecule has 0 aliphatic heterocycles. The standard InChI is InChI=1S/C13H17BrO3.C9H12O2.C7H3Cl3O.C4H7BrO2.CH4/c1-2-16-12-7-5-11(6-8-12)10-17-13(15)4-3-9-14;1-2-11-9-5-3-8(7-10)4-6-9;8-4-2-1-3-5(9)6(4)7(10)11;5-3-1-2-4(6)7;/h5-8H,2-4,9-10H2,1H3;3-6,10H,2,7H2,1H3;1-3H;1-3H2,(H,6,7);1H4. The number of carboxylic acid groups (broad SMARTS) is 1. The molecule has 3 aromatic rings. The maximum atomic E-state index is 11.3. The number of carbonyl (C=O) groups is 3. The highest BCUT2D eigenvalue weighted by Crippen LogP contribution is 2.25. The molecule has 13 heteroatoms. The minimum Gasteiger partial charge on any atom is -0.494 e. The van der Waals surface area contributed by atoms with Gasteiger partial charge in [0.25, 0.3) is 5.24 Å². The van der Waals surface area contributed by atoms with E-state index in [1.807, 2.05) is 62.4 Å². The van der Waals surface area contributed by atoms with Crippen LogP contribution in [0.25, 0.3) is 0 Å². The molecule has 0 saturated heterocycles. The van der Waals surface area contributed by atoms with Gasteiger partial charge in [-0.15, -0.1) is 0 Å². The van der Waals surface area contributed by atoms with Crippen molar-refractivity contribution in [3.63, 3.8) is 0 Å². The zero-order chi connectivity index (χ0) is 34.7. The normalized spacial score (nSPS) is 9.45. The van der Waals surface area contributed by atoms with Gasteiger partial charge in [-0.1, -0.05) is 92.8 Å². The largest absolute Gasteiger partial charge is 0.494 e. The SMILES string of the molecule is C.CCOc1ccc(CO)cc1.CCOc1ccc(COC(=O)CCCBr)cc1.O=C(Cl)c1c(Cl)cccc1Cl.O=C(O)CCCBr. The molecule has 0 radical (unpaired) electrons. The van der Waals surface area contributed by atoms with Gasteiger partial charge in [0, 0.05) is 23.5 Å². The highest BCUT2D eigenvalue weighted by Gasteiger charge is 2.10. The van der Waals surface area contributed by atoms with Crippen molar-refractivity contribution < 1.29 is 38.8 Å². The summed E-state index contributed by atoms with van der Waals surface area (Å²) in [7, 11) is 0. The Morgan fingerprint density at radius 1 is 0.745 bits per heavy atom. The van der Waals surface area contributed by atoms with Crippen LogP contribution >= 0.6 is 66.7 Å². The monoisotopic (exact) mass is 842 g/mol. The van der Waals surface area contributed by atoms with Crippen molar-refractivity contribution in [2.75, 3.05) is 23.9 Å². The smallest absolute Gasteiger partial charge is 0.306 e. The Morgan fingerprint density at radius 2 is 1.19 bits per heavy atom. The van der Waals surface area contributed by atoms with Crippen LogP contribution in [0.1, 0.15) is 68.4 Å². The first-order chi connectivity index (χ1) is 22.0. The minimum atomic E-state index is -0.723. The fraction of sp³-hybridized carbons (Fsp3) is 0.382. The third-order valence-electron chi connectivity index (χ3n) is 5.25. The molecule has 0 bridgehead atoms. The summed E-state index contributed by atoms with van der Waals surface area (Å²) in [6.45, 7) is 5.64. The topological polar surface area (TPSA) is 119 Å². The number of hydrogen-bond donors (Lipinski definition) is 2. The molecule has 0 unspecified atom stereocenters. The van der Waals surface area contributed by atoms with E-state index in [1.165, 1.54) is 0 Å². The molecule has 262 valence electrons. The summed E-state index contributed by atoms with van der Waals surface area (Å²) in [5.74, 6) is 0.810. The molecule has 0 atom stereocenters. The lowest BCUT2D eigenvalue weighted by Gasteiger charge is -2.06. The van der Waals surface area contributed by atoms with Crippen LogP contribution in [0.5, 0.6) is 11.5 Å². The Balaban J connectivity index is 0. The number of carbonyl (C=O) groups excluding carboxylic acids is 2. The minimum absolute atomic E-state index is 0. The number of hydrogen-bond acceptors (Lipinski definition) is 7. The van der Waals surface area contributed by atoms with E-state index in [9.17, 15) is 14.4 Å². The zero-order valence-corrected chi connectivity index (χ0v) is 31.1. The molecule has 2 N–H and O–H groups in total. The number of carboxylic acids is 1. The van der Waals surface area contributed by atoms with E-state index >= 15 is 0 Å². The third kappa shape index (κ3) is 23.6. The van der Waals surface area contributed by atoms with Crippen LogP contribution in [0.15, 0.2) is 66.7 Å². The zero-order valence-electron chi connectivity index (χ0n) is 25.7. The van der Waals surface area contributed by atoms with E-state index < -0.39 is 11.2 Å². The fourth-order valence-electron chi connectivity index (χ4n) is 3.06. The maximum absolute atomic E-state index is 11.3. The number of aliphatic hydroxyl groups excluding tert-OH is 1. The van der Waals surface area contributed by atoms with Gasteiger partial charge in [0.2, 0.25) is 0 Å². The highest BCUT2D eigenvalue weighted by molar-refractivity contribution is 9.09. The number of aliphatic hydroxyl groups is 1. The van der Waals surface area contributed by atoms with Crippen molar-refractivity contribution in [2.45, 2.75) is 60.2 Å². The van der Waals surface area contributed by atoms with Gasteiger partial charge >= 0.3 is 11.9 Å². The number of rotatable bonds is 14. The molecule has 0 saturated carbocycles. The first-order valence-electron chi connectivity index (χ1n) is 14.2. The molecule has 47 heavy (non-hydrogen) atoms. The molecule has 3 rings (SSSR count). The fourth-order valence-corrected chi connectivity index (χ4v) is 4.49. The number of ether oxygens (including phenoxy) is 3. The number of aliphatic carboxylic acids is 1. The number of benzene rings is 3. The van der Waals surface area contributed by atoms with E-state index in [-0.39, 0.29) is 42.0 Å². The summed E-state index contributed by atoms with van der Waals surface area (Å²) in [6.07, 6.45) is 2.25. The Hall–Kier alpha value is -2.34. The molecule has 0 amide bonds. The average Bonchev–Trinajstić information content (AvgIpc) is 3.04.